The van der Waals surface area contributed by atoms with Gasteiger partial charge in [-0.15, -0.1) is 0 Å². The fourth-order valence-corrected chi connectivity index (χ4v) is 2.29. The van der Waals surface area contributed by atoms with Gasteiger partial charge < -0.3 is 0 Å². The minimum Gasteiger partial charge on any atom is -0.296 e. The standard InChI is InChI=1S/C18H22N2/c1-15(12-17-8-5-4-6-9-17)14-20(3)16(2)18-10-7-11-19-13-18/h4-13,16H,14H2,1-3H3/b15-12+/t16-/m0/s1. The van der Waals surface area contributed by atoms with Crippen LogP contribution in [0.4, 0.5) is 0 Å². The van der Waals surface area contributed by atoms with Crippen LogP contribution in [0.3, 0.4) is 0 Å². The van der Waals surface area contributed by atoms with Gasteiger partial charge in [0.2, 0.25) is 0 Å². The first-order valence-corrected chi connectivity index (χ1v) is 6.99. The smallest absolute Gasteiger partial charge is 0.0335 e. The first-order valence-electron chi connectivity index (χ1n) is 6.99. The first kappa shape index (κ1) is 14.5. The molecular formula is C18H22N2. The number of nitrogens with zero attached hydrogens (tertiary/aromatic N) is 2. The molecule has 104 valence electrons. The van der Waals surface area contributed by atoms with E-state index in [0.717, 1.165) is 6.54 Å². The molecular weight excluding hydrogens is 244 g/mol. The van der Waals surface area contributed by atoms with Gasteiger partial charge in [-0.3, -0.25) is 9.88 Å². The predicted molar refractivity (Wildman–Crippen MR) is 85.4 cm³/mol. The van der Waals surface area contributed by atoms with Crippen LogP contribution in [0.1, 0.15) is 31.0 Å². The summed E-state index contributed by atoms with van der Waals surface area (Å²) in [5.41, 5.74) is 3.87. The van der Waals surface area contributed by atoms with E-state index < -0.39 is 0 Å². The van der Waals surface area contributed by atoms with Crippen molar-refractivity contribution < 1.29 is 0 Å². The van der Waals surface area contributed by atoms with Crippen molar-refractivity contribution in [1.82, 2.24) is 9.88 Å². The van der Waals surface area contributed by atoms with Crippen LogP contribution >= 0.6 is 0 Å². The molecule has 0 aliphatic rings. The highest BCUT2D eigenvalue weighted by Crippen LogP contribution is 2.18. The van der Waals surface area contributed by atoms with Crippen molar-refractivity contribution >= 4 is 6.08 Å². The van der Waals surface area contributed by atoms with Crippen LogP contribution < -0.4 is 0 Å². The molecule has 1 aromatic carbocycles. The number of likely N-dealkylation sites (N-methyl/N-ethyl adjacent to an activating group) is 1. The molecule has 1 aromatic heterocycles. The van der Waals surface area contributed by atoms with Crippen molar-refractivity contribution in [1.29, 1.82) is 0 Å². The molecule has 0 amide bonds. The van der Waals surface area contributed by atoms with Gasteiger partial charge in [0.25, 0.3) is 0 Å². The maximum atomic E-state index is 4.19. The second-order valence-electron chi connectivity index (χ2n) is 5.28. The number of benzene rings is 1. The van der Waals surface area contributed by atoms with Gasteiger partial charge in [-0.05, 0) is 38.1 Å². The van der Waals surface area contributed by atoms with Gasteiger partial charge in [-0.25, -0.2) is 0 Å². The Morgan fingerprint density at radius 1 is 1.20 bits per heavy atom. The molecule has 1 heterocycles. The third-order valence-corrected chi connectivity index (χ3v) is 3.54. The lowest BCUT2D eigenvalue weighted by Gasteiger charge is -2.25. The summed E-state index contributed by atoms with van der Waals surface area (Å²) >= 11 is 0. The molecule has 0 spiro atoms. The predicted octanol–water partition coefficient (Wildman–Crippen LogP) is 4.18. The van der Waals surface area contributed by atoms with Crippen molar-refractivity contribution in [2.75, 3.05) is 13.6 Å². The molecule has 1 atom stereocenters. The number of rotatable bonds is 5. The molecule has 0 aliphatic heterocycles. The third kappa shape index (κ3) is 4.04. The van der Waals surface area contributed by atoms with Crippen molar-refractivity contribution in [2.45, 2.75) is 19.9 Å². The fourth-order valence-electron chi connectivity index (χ4n) is 2.29. The highest BCUT2D eigenvalue weighted by molar-refractivity contribution is 5.52. The van der Waals surface area contributed by atoms with Crippen LogP contribution in [0.25, 0.3) is 6.08 Å². The van der Waals surface area contributed by atoms with Gasteiger partial charge in [0.05, 0.1) is 0 Å². The minimum atomic E-state index is 0.364. The van der Waals surface area contributed by atoms with E-state index >= 15 is 0 Å². The Kier molecular flexibility index (Phi) is 5.08. The number of hydrogen-bond acceptors (Lipinski definition) is 2. The maximum absolute atomic E-state index is 4.19. The van der Waals surface area contributed by atoms with Gasteiger partial charge in [0.1, 0.15) is 0 Å². The average Bonchev–Trinajstić information content (AvgIpc) is 2.48. The van der Waals surface area contributed by atoms with Gasteiger partial charge >= 0.3 is 0 Å². The van der Waals surface area contributed by atoms with E-state index in [0.29, 0.717) is 6.04 Å². The lowest BCUT2D eigenvalue weighted by atomic mass is 10.1. The lowest BCUT2D eigenvalue weighted by Crippen LogP contribution is -2.24. The summed E-state index contributed by atoms with van der Waals surface area (Å²) in [6.45, 7) is 5.34. The van der Waals surface area contributed by atoms with Gasteiger partial charge in [0.15, 0.2) is 0 Å². The van der Waals surface area contributed by atoms with Gasteiger partial charge in [-0.2, -0.15) is 0 Å². The molecule has 0 radical (unpaired) electrons. The zero-order valence-corrected chi connectivity index (χ0v) is 12.5. The molecule has 0 bridgehead atoms. The number of pyridine rings is 1. The zero-order chi connectivity index (χ0) is 14.4. The topological polar surface area (TPSA) is 16.1 Å². The summed E-state index contributed by atoms with van der Waals surface area (Å²) in [7, 11) is 2.15. The molecule has 20 heavy (non-hydrogen) atoms. The number of hydrogen-bond donors (Lipinski definition) is 0. The largest absolute Gasteiger partial charge is 0.296 e. The highest BCUT2D eigenvalue weighted by Gasteiger charge is 2.11. The van der Waals surface area contributed by atoms with Crippen LogP contribution in [-0.2, 0) is 0 Å². The Hall–Kier alpha value is -1.93. The van der Waals surface area contributed by atoms with Crippen LogP contribution in [0.2, 0.25) is 0 Å². The Labute approximate surface area is 121 Å². The van der Waals surface area contributed by atoms with Crippen LogP contribution in [0.15, 0.2) is 60.4 Å². The van der Waals surface area contributed by atoms with Crippen molar-refractivity contribution in [3.05, 3.63) is 71.6 Å². The maximum Gasteiger partial charge on any atom is 0.0335 e. The summed E-state index contributed by atoms with van der Waals surface area (Å²) in [4.78, 5) is 6.53. The summed E-state index contributed by atoms with van der Waals surface area (Å²) in [5, 5.41) is 0. The van der Waals surface area contributed by atoms with Crippen LogP contribution in [0.5, 0.6) is 0 Å². The SMILES string of the molecule is C/C(=C\c1ccccc1)CN(C)[C@@H](C)c1cccnc1. The molecule has 2 nitrogen and oxygen atoms in total. The van der Waals surface area contributed by atoms with Crippen LogP contribution in [0, 0.1) is 0 Å². The fraction of sp³-hybridized carbons (Fsp3) is 0.278. The second-order valence-corrected chi connectivity index (χ2v) is 5.28. The van der Waals surface area contributed by atoms with E-state index in [1.54, 1.807) is 0 Å². The molecule has 0 aliphatic carbocycles. The van der Waals surface area contributed by atoms with E-state index in [4.69, 9.17) is 0 Å². The van der Waals surface area contributed by atoms with Gasteiger partial charge in [0, 0.05) is 25.0 Å². The van der Waals surface area contributed by atoms with Crippen LogP contribution in [-0.4, -0.2) is 23.5 Å². The summed E-state index contributed by atoms with van der Waals surface area (Å²) < 4.78 is 0. The Morgan fingerprint density at radius 2 is 1.95 bits per heavy atom. The molecule has 0 saturated heterocycles. The van der Waals surface area contributed by atoms with Crippen molar-refractivity contribution in [3.8, 4) is 0 Å². The summed E-state index contributed by atoms with van der Waals surface area (Å²) in [6.07, 6.45) is 6.00. The Balaban J connectivity index is 2.01. The zero-order valence-electron chi connectivity index (χ0n) is 12.5. The molecule has 2 aromatic rings. The normalized spacial score (nSPS) is 13.5. The molecule has 0 unspecified atom stereocenters. The van der Waals surface area contributed by atoms with Gasteiger partial charge in [-0.1, -0.05) is 48.0 Å². The molecule has 0 saturated carbocycles. The van der Waals surface area contributed by atoms with E-state index in [2.05, 4.69) is 67.2 Å². The van der Waals surface area contributed by atoms with E-state index in [-0.39, 0.29) is 0 Å². The molecule has 0 N–H and O–H groups in total. The first-order chi connectivity index (χ1) is 9.66. The third-order valence-electron chi connectivity index (χ3n) is 3.54. The number of aromatic nitrogens is 1. The summed E-state index contributed by atoms with van der Waals surface area (Å²) in [6, 6.07) is 14.9. The summed E-state index contributed by atoms with van der Waals surface area (Å²) in [5.74, 6) is 0. The molecule has 0 fully saturated rings. The lowest BCUT2D eigenvalue weighted by molar-refractivity contribution is 0.283. The highest BCUT2D eigenvalue weighted by atomic mass is 15.1. The molecule has 2 heteroatoms. The Bertz CT molecular complexity index is 546. The monoisotopic (exact) mass is 266 g/mol. The van der Waals surface area contributed by atoms with E-state index in [1.165, 1.54) is 16.7 Å². The minimum absolute atomic E-state index is 0.364. The van der Waals surface area contributed by atoms with Crippen molar-refractivity contribution in [2.24, 2.45) is 0 Å². The van der Waals surface area contributed by atoms with E-state index in [9.17, 15) is 0 Å². The molecule has 2 rings (SSSR count). The van der Waals surface area contributed by atoms with E-state index in [1.807, 2.05) is 24.5 Å². The average molecular weight is 266 g/mol. The Morgan fingerprint density at radius 3 is 2.60 bits per heavy atom. The van der Waals surface area contributed by atoms with Crippen molar-refractivity contribution in [3.63, 3.8) is 0 Å². The quantitative estimate of drug-likeness (QED) is 0.807. The second kappa shape index (κ2) is 7.01.